The average Bonchev–Trinajstić information content (AvgIpc) is 2.34. The van der Waals surface area contributed by atoms with E-state index in [1.807, 2.05) is 11.8 Å². The quantitative estimate of drug-likeness (QED) is 0.780. The van der Waals surface area contributed by atoms with E-state index in [1.54, 1.807) is 7.05 Å². The van der Waals surface area contributed by atoms with Crippen molar-refractivity contribution < 1.29 is 14.7 Å². The van der Waals surface area contributed by atoms with Crippen molar-refractivity contribution in [3.63, 3.8) is 0 Å². The van der Waals surface area contributed by atoms with E-state index in [2.05, 4.69) is 5.32 Å². The molecule has 1 heterocycles. The van der Waals surface area contributed by atoms with Crippen molar-refractivity contribution in [3.05, 3.63) is 0 Å². The van der Waals surface area contributed by atoms with Crippen molar-refractivity contribution in [2.45, 2.75) is 19.3 Å². The lowest BCUT2D eigenvalue weighted by molar-refractivity contribution is -0.137. The zero-order chi connectivity index (χ0) is 12.7. The van der Waals surface area contributed by atoms with Gasteiger partial charge in [0.15, 0.2) is 0 Å². The summed E-state index contributed by atoms with van der Waals surface area (Å²) < 4.78 is 0. The zero-order valence-corrected chi connectivity index (χ0v) is 11.0. The minimum Gasteiger partial charge on any atom is -0.481 e. The van der Waals surface area contributed by atoms with E-state index in [9.17, 15) is 9.59 Å². The first-order valence-electron chi connectivity index (χ1n) is 5.88. The average molecular weight is 260 g/mol. The van der Waals surface area contributed by atoms with Gasteiger partial charge in [0.25, 0.3) is 0 Å². The van der Waals surface area contributed by atoms with Crippen molar-refractivity contribution >= 4 is 23.8 Å². The smallest absolute Gasteiger partial charge is 0.317 e. The minimum absolute atomic E-state index is 0.0107. The largest absolute Gasteiger partial charge is 0.481 e. The molecule has 0 aliphatic carbocycles. The van der Waals surface area contributed by atoms with E-state index in [0.29, 0.717) is 12.5 Å². The van der Waals surface area contributed by atoms with Gasteiger partial charge < -0.3 is 15.3 Å². The summed E-state index contributed by atoms with van der Waals surface area (Å²) in [5.41, 5.74) is 0. The van der Waals surface area contributed by atoms with Crippen LogP contribution < -0.4 is 5.32 Å². The van der Waals surface area contributed by atoms with Crippen LogP contribution in [0.2, 0.25) is 0 Å². The van der Waals surface area contributed by atoms with Crippen molar-refractivity contribution in [2.75, 3.05) is 31.6 Å². The molecule has 0 saturated carbocycles. The van der Waals surface area contributed by atoms with Crippen LogP contribution in [0, 0.1) is 5.92 Å². The normalized spacial score (nSPS) is 19.7. The van der Waals surface area contributed by atoms with Gasteiger partial charge in [-0.15, -0.1) is 0 Å². The summed E-state index contributed by atoms with van der Waals surface area (Å²) in [4.78, 5) is 23.4. The van der Waals surface area contributed by atoms with Crippen molar-refractivity contribution in [1.29, 1.82) is 0 Å². The maximum Gasteiger partial charge on any atom is 0.317 e. The molecular weight excluding hydrogens is 240 g/mol. The molecule has 0 aromatic carbocycles. The van der Waals surface area contributed by atoms with E-state index in [0.717, 1.165) is 5.75 Å². The van der Waals surface area contributed by atoms with Gasteiger partial charge in [-0.3, -0.25) is 4.79 Å². The number of carboxylic acid groups (broad SMARTS) is 1. The molecule has 0 aromatic rings. The fourth-order valence-corrected chi connectivity index (χ4v) is 2.86. The molecule has 1 unspecified atom stereocenters. The van der Waals surface area contributed by atoms with Gasteiger partial charge in [-0.2, -0.15) is 11.8 Å². The van der Waals surface area contributed by atoms with Gasteiger partial charge in [-0.25, -0.2) is 4.79 Å². The lowest BCUT2D eigenvalue weighted by Gasteiger charge is -2.23. The van der Waals surface area contributed by atoms with Crippen LogP contribution in [-0.2, 0) is 4.79 Å². The molecule has 2 N–H and O–H groups in total. The Morgan fingerprint density at radius 2 is 2.29 bits per heavy atom. The second-order valence-electron chi connectivity index (χ2n) is 4.33. The Labute approximate surface area is 106 Å². The Kier molecular flexibility index (Phi) is 6.18. The number of nitrogens with one attached hydrogen (secondary N) is 1. The second kappa shape index (κ2) is 7.42. The fourth-order valence-electron chi connectivity index (χ4n) is 1.70. The molecule has 0 radical (unpaired) electrons. The predicted octanol–water partition coefficient (Wildman–Crippen LogP) is 1.25. The molecule has 0 aromatic heterocycles. The van der Waals surface area contributed by atoms with E-state index >= 15 is 0 Å². The Bertz CT molecular complexity index is 267. The van der Waals surface area contributed by atoms with Gasteiger partial charge in [0.1, 0.15) is 0 Å². The minimum atomic E-state index is -0.881. The van der Waals surface area contributed by atoms with Gasteiger partial charge in [0.05, 0.1) is 6.42 Å². The summed E-state index contributed by atoms with van der Waals surface area (Å²) in [6.45, 7) is 0.948. The molecule has 17 heavy (non-hydrogen) atoms. The number of amides is 2. The first-order chi connectivity index (χ1) is 8.09. The van der Waals surface area contributed by atoms with E-state index in [4.69, 9.17) is 5.11 Å². The first-order valence-corrected chi connectivity index (χ1v) is 7.03. The topological polar surface area (TPSA) is 69.6 Å². The molecule has 2 amide bonds. The molecule has 1 atom stereocenters. The number of carboxylic acids is 1. The molecule has 0 spiro atoms. The highest BCUT2D eigenvalue weighted by molar-refractivity contribution is 7.99. The van der Waals surface area contributed by atoms with Gasteiger partial charge >= 0.3 is 12.0 Å². The van der Waals surface area contributed by atoms with Crippen LogP contribution in [-0.4, -0.2) is 53.6 Å². The summed E-state index contributed by atoms with van der Waals surface area (Å²) in [5, 5.41) is 11.4. The van der Waals surface area contributed by atoms with Crippen LogP contribution in [0.5, 0.6) is 0 Å². The third-order valence-corrected chi connectivity index (χ3v) is 4.09. The molecule has 5 nitrogen and oxygen atoms in total. The van der Waals surface area contributed by atoms with Gasteiger partial charge in [-0.1, -0.05) is 0 Å². The number of hydrogen-bond donors (Lipinski definition) is 2. The summed E-state index contributed by atoms with van der Waals surface area (Å²) in [6, 6.07) is -0.179. The summed E-state index contributed by atoms with van der Waals surface area (Å²) >= 11 is 1.93. The molecule has 1 saturated heterocycles. The lowest BCUT2D eigenvalue weighted by Crippen LogP contribution is -2.41. The van der Waals surface area contributed by atoms with Crippen molar-refractivity contribution in [1.82, 2.24) is 10.2 Å². The van der Waals surface area contributed by atoms with Gasteiger partial charge in [0.2, 0.25) is 0 Å². The van der Waals surface area contributed by atoms with Crippen LogP contribution in [0.25, 0.3) is 0 Å². The van der Waals surface area contributed by atoms with Gasteiger partial charge in [-0.05, 0) is 30.3 Å². The SMILES string of the molecule is CN(CCC(=O)O)C(=O)NCC1CCCSC1. The summed E-state index contributed by atoms with van der Waals surface area (Å²) in [5.74, 6) is 2.01. The monoisotopic (exact) mass is 260 g/mol. The molecule has 1 fully saturated rings. The van der Waals surface area contributed by atoms with E-state index in [-0.39, 0.29) is 19.0 Å². The number of aliphatic carboxylic acids is 1. The highest BCUT2D eigenvalue weighted by Crippen LogP contribution is 2.21. The number of rotatable bonds is 5. The van der Waals surface area contributed by atoms with Crippen molar-refractivity contribution in [2.24, 2.45) is 5.92 Å². The number of urea groups is 1. The highest BCUT2D eigenvalue weighted by Gasteiger charge is 2.16. The van der Waals surface area contributed by atoms with Crippen LogP contribution in [0.3, 0.4) is 0 Å². The third-order valence-electron chi connectivity index (χ3n) is 2.80. The molecular formula is C11H20N2O3S. The maximum atomic E-state index is 11.6. The number of carbonyl (C=O) groups is 2. The standard InChI is InChI=1S/C11H20N2O3S/c1-13(5-4-10(14)15)11(16)12-7-9-3-2-6-17-8-9/h9H,2-8H2,1H3,(H,12,16)(H,14,15). The third kappa shape index (κ3) is 5.81. The summed E-state index contributed by atoms with van der Waals surface area (Å²) in [7, 11) is 1.62. The van der Waals surface area contributed by atoms with Crippen molar-refractivity contribution in [3.8, 4) is 0 Å². The predicted molar refractivity (Wildman–Crippen MR) is 68.3 cm³/mol. The Hall–Kier alpha value is -0.910. The molecule has 6 heteroatoms. The number of hydrogen-bond acceptors (Lipinski definition) is 3. The summed E-state index contributed by atoms with van der Waals surface area (Å²) in [6.07, 6.45) is 2.38. The van der Waals surface area contributed by atoms with Crippen LogP contribution >= 0.6 is 11.8 Å². The van der Waals surface area contributed by atoms with Gasteiger partial charge in [0, 0.05) is 20.1 Å². The molecule has 1 aliphatic rings. The van der Waals surface area contributed by atoms with Crippen LogP contribution in [0.4, 0.5) is 4.79 Å². The van der Waals surface area contributed by atoms with Crippen LogP contribution in [0.1, 0.15) is 19.3 Å². The zero-order valence-electron chi connectivity index (χ0n) is 10.1. The number of thioether (sulfide) groups is 1. The molecule has 0 bridgehead atoms. The number of nitrogens with zero attached hydrogens (tertiary/aromatic N) is 1. The Morgan fingerprint density at radius 3 is 2.88 bits per heavy atom. The number of carbonyl (C=O) groups excluding carboxylic acids is 1. The fraction of sp³-hybridized carbons (Fsp3) is 0.818. The maximum absolute atomic E-state index is 11.6. The lowest BCUT2D eigenvalue weighted by atomic mass is 10.1. The molecule has 1 aliphatic heterocycles. The Balaban J connectivity index is 2.16. The highest BCUT2D eigenvalue weighted by atomic mass is 32.2. The molecule has 1 rings (SSSR count). The van der Waals surface area contributed by atoms with E-state index in [1.165, 1.54) is 23.5 Å². The molecule has 98 valence electrons. The van der Waals surface area contributed by atoms with E-state index < -0.39 is 5.97 Å². The first kappa shape index (κ1) is 14.2. The second-order valence-corrected chi connectivity index (χ2v) is 5.48. The van der Waals surface area contributed by atoms with Crippen LogP contribution in [0.15, 0.2) is 0 Å². The Morgan fingerprint density at radius 1 is 1.53 bits per heavy atom.